The Kier molecular flexibility index (Phi) is 5.98. The van der Waals surface area contributed by atoms with Gasteiger partial charge < -0.3 is 14.7 Å². The summed E-state index contributed by atoms with van der Waals surface area (Å²) in [6, 6.07) is 0. The minimum atomic E-state index is 0.109. The molecule has 0 unspecified atom stereocenters. The van der Waals surface area contributed by atoms with E-state index in [1.807, 2.05) is 0 Å². The molecular formula is C14H24N4O2. The zero-order valence-corrected chi connectivity index (χ0v) is 12.2. The third-order valence-corrected chi connectivity index (χ3v) is 3.56. The topological polar surface area (TPSA) is 71.3 Å². The Morgan fingerprint density at radius 3 is 2.85 bits per heavy atom. The molecule has 0 spiro atoms. The Morgan fingerprint density at radius 1 is 1.35 bits per heavy atom. The van der Waals surface area contributed by atoms with Crippen LogP contribution in [0.4, 0.5) is 0 Å². The van der Waals surface area contributed by atoms with Crippen molar-refractivity contribution in [2.24, 2.45) is 0 Å². The largest absolute Gasteiger partial charge is 0.355 e. The van der Waals surface area contributed by atoms with Crippen molar-refractivity contribution < 1.29 is 9.32 Å². The summed E-state index contributed by atoms with van der Waals surface area (Å²) in [4.78, 5) is 18.2. The molecule has 0 aromatic carbocycles. The van der Waals surface area contributed by atoms with Gasteiger partial charge in [0.2, 0.25) is 11.8 Å². The Bertz CT molecular complexity index is 413. The number of rotatable bonds is 7. The molecule has 0 aliphatic carbocycles. The average molecular weight is 280 g/mol. The molecule has 1 aromatic heterocycles. The van der Waals surface area contributed by atoms with Crippen LogP contribution in [-0.2, 0) is 11.2 Å². The molecule has 6 nitrogen and oxygen atoms in total. The molecule has 1 N–H and O–H groups in total. The molecule has 1 aliphatic rings. The first-order chi connectivity index (χ1) is 9.74. The van der Waals surface area contributed by atoms with Gasteiger partial charge in [0.15, 0.2) is 5.82 Å². The second-order valence-corrected chi connectivity index (χ2v) is 5.34. The smallest absolute Gasteiger partial charge is 0.226 e. The quantitative estimate of drug-likeness (QED) is 0.815. The highest BCUT2D eigenvalue weighted by molar-refractivity contribution is 5.75. The van der Waals surface area contributed by atoms with Crippen LogP contribution in [0.3, 0.4) is 0 Å². The zero-order valence-electron chi connectivity index (χ0n) is 12.2. The van der Waals surface area contributed by atoms with E-state index in [-0.39, 0.29) is 5.91 Å². The summed E-state index contributed by atoms with van der Waals surface area (Å²) in [5.74, 6) is 1.37. The van der Waals surface area contributed by atoms with Crippen molar-refractivity contribution in [3.05, 3.63) is 11.7 Å². The number of likely N-dealkylation sites (tertiary alicyclic amines) is 1. The summed E-state index contributed by atoms with van der Waals surface area (Å²) in [5.41, 5.74) is 0. The monoisotopic (exact) mass is 280 g/mol. The number of hydrogen-bond donors (Lipinski definition) is 1. The fraction of sp³-hybridized carbons (Fsp3) is 0.786. The predicted molar refractivity (Wildman–Crippen MR) is 75.3 cm³/mol. The fourth-order valence-corrected chi connectivity index (χ4v) is 2.47. The molecular weight excluding hydrogens is 256 g/mol. The summed E-state index contributed by atoms with van der Waals surface area (Å²) in [5, 5.41) is 6.70. The highest BCUT2D eigenvalue weighted by Gasteiger charge is 2.10. The van der Waals surface area contributed by atoms with Crippen LogP contribution in [0.1, 0.15) is 43.8 Å². The first-order valence-electron chi connectivity index (χ1n) is 7.52. The molecule has 6 heteroatoms. The second kappa shape index (κ2) is 7.99. The maximum atomic E-state index is 11.7. The van der Waals surface area contributed by atoms with Gasteiger partial charge in [0.05, 0.1) is 0 Å². The van der Waals surface area contributed by atoms with Crippen LogP contribution in [0.2, 0.25) is 0 Å². The number of carbonyl (C=O) groups is 1. The molecule has 2 rings (SSSR count). The first-order valence-corrected chi connectivity index (χ1v) is 7.52. The summed E-state index contributed by atoms with van der Waals surface area (Å²) in [7, 11) is 0. The van der Waals surface area contributed by atoms with Crippen molar-refractivity contribution in [3.63, 3.8) is 0 Å². The van der Waals surface area contributed by atoms with Gasteiger partial charge in [-0.15, -0.1) is 0 Å². The molecule has 112 valence electrons. The molecule has 0 bridgehead atoms. The standard InChI is InChI=1S/C14H24N4O2/c1-12-16-14(20-17-12)7-5-6-13(19)15-8-11-18-9-3-2-4-10-18/h2-11H2,1H3,(H,15,19). The lowest BCUT2D eigenvalue weighted by molar-refractivity contribution is -0.121. The van der Waals surface area contributed by atoms with Crippen LogP contribution in [0.15, 0.2) is 4.52 Å². The van der Waals surface area contributed by atoms with E-state index < -0.39 is 0 Å². The number of hydrogen-bond acceptors (Lipinski definition) is 5. The van der Waals surface area contributed by atoms with Crippen molar-refractivity contribution in [1.82, 2.24) is 20.4 Å². The lowest BCUT2D eigenvalue weighted by Crippen LogP contribution is -2.37. The normalized spacial score (nSPS) is 16.2. The van der Waals surface area contributed by atoms with Crippen LogP contribution in [0.25, 0.3) is 0 Å². The van der Waals surface area contributed by atoms with Gasteiger partial charge in [0, 0.05) is 25.9 Å². The number of aromatic nitrogens is 2. The Hall–Kier alpha value is -1.43. The summed E-state index contributed by atoms with van der Waals surface area (Å²) < 4.78 is 5.01. The van der Waals surface area contributed by atoms with Crippen molar-refractivity contribution in [3.8, 4) is 0 Å². The minimum Gasteiger partial charge on any atom is -0.355 e. The van der Waals surface area contributed by atoms with E-state index >= 15 is 0 Å². The molecule has 1 fully saturated rings. The van der Waals surface area contributed by atoms with E-state index in [1.165, 1.54) is 32.4 Å². The zero-order chi connectivity index (χ0) is 14.2. The third-order valence-electron chi connectivity index (χ3n) is 3.56. The van der Waals surface area contributed by atoms with Crippen molar-refractivity contribution in [2.45, 2.75) is 45.4 Å². The first kappa shape index (κ1) is 15.0. The Morgan fingerprint density at radius 2 is 2.15 bits per heavy atom. The van der Waals surface area contributed by atoms with Gasteiger partial charge in [-0.2, -0.15) is 4.98 Å². The molecule has 2 heterocycles. The van der Waals surface area contributed by atoms with Crippen molar-refractivity contribution in [2.75, 3.05) is 26.2 Å². The Labute approximate surface area is 119 Å². The average Bonchev–Trinajstić information content (AvgIpc) is 2.86. The van der Waals surface area contributed by atoms with Crippen LogP contribution >= 0.6 is 0 Å². The predicted octanol–water partition coefficient (Wildman–Crippen LogP) is 1.30. The van der Waals surface area contributed by atoms with Gasteiger partial charge >= 0.3 is 0 Å². The van der Waals surface area contributed by atoms with Crippen molar-refractivity contribution >= 4 is 5.91 Å². The van der Waals surface area contributed by atoms with Crippen molar-refractivity contribution in [1.29, 1.82) is 0 Å². The lowest BCUT2D eigenvalue weighted by atomic mass is 10.1. The third kappa shape index (κ3) is 5.28. The van der Waals surface area contributed by atoms with Crippen LogP contribution in [0.5, 0.6) is 0 Å². The van der Waals surface area contributed by atoms with Gasteiger partial charge in [0.25, 0.3) is 0 Å². The van der Waals surface area contributed by atoms with Crippen LogP contribution in [0, 0.1) is 6.92 Å². The molecule has 20 heavy (non-hydrogen) atoms. The highest BCUT2D eigenvalue weighted by atomic mass is 16.5. The summed E-state index contributed by atoms with van der Waals surface area (Å²) in [6.07, 6.45) is 5.85. The van der Waals surface area contributed by atoms with Gasteiger partial charge in [-0.1, -0.05) is 11.6 Å². The summed E-state index contributed by atoms with van der Waals surface area (Å²) >= 11 is 0. The molecule has 1 amide bonds. The molecule has 1 aromatic rings. The number of piperidine rings is 1. The lowest BCUT2D eigenvalue weighted by Gasteiger charge is -2.26. The number of amides is 1. The van der Waals surface area contributed by atoms with E-state index in [0.717, 1.165) is 19.5 Å². The van der Waals surface area contributed by atoms with E-state index in [9.17, 15) is 4.79 Å². The van der Waals surface area contributed by atoms with Crippen LogP contribution in [-0.4, -0.2) is 47.1 Å². The molecule has 0 radical (unpaired) electrons. The van der Waals surface area contributed by atoms with E-state index in [4.69, 9.17) is 4.52 Å². The number of carbonyl (C=O) groups excluding carboxylic acids is 1. The molecule has 1 aliphatic heterocycles. The molecule has 0 atom stereocenters. The molecule has 0 saturated carbocycles. The maximum absolute atomic E-state index is 11.7. The Balaban J connectivity index is 1.51. The summed E-state index contributed by atoms with van der Waals surface area (Å²) in [6.45, 7) is 5.85. The van der Waals surface area contributed by atoms with E-state index in [1.54, 1.807) is 6.92 Å². The highest BCUT2D eigenvalue weighted by Crippen LogP contribution is 2.07. The maximum Gasteiger partial charge on any atom is 0.226 e. The van der Waals surface area contributed by atoms with Gasteiger partial charge in [-0.05, 0) is 39.3 Å². The number of nitrogens with zero attached hydrogens (tertiary/aromatic N) is 3. The fourth-order valence-electron chi connectivity index (χ4n) is 2.47. The molecule has 1 saturated heterocycles. The van der Waals surface area contributed by atoms with E-state index in [0.29, 0.717) is 24.6 Å². The SMILES string of the molecule is Cc1noc(CCCC(=O)NCCN2CCCCC2)n1. The number of aryl methyl sites for hydroxylation is 2. The minimum absolute atomic E-state index is 0.109. The second-order valence-electron chi connectivity index (χ2n) is 5.34. The number of nitrogens with one attached hydrogen (secondary N) is 1. The van der Waals surface area contributed by atoms with E-state index in [2.05, 4.69) is 20.4 Å². The van der Waals surface area contributed by atoms with Gasteiger partial charge in [0.1, 0.15) is 0 Å². The van der Waals surface area contributed by atoms with Gasteiger partial charge in [-0.25, -0.2) is 0 Å². The van der Waals surface area contributed by atoms with Gasteiger partial charge in [-0.3, -0.25) is 4.79 Å². The van der Waals surface area contributed by atoms with Crippen LogP contribution < -0.4 is 5.32 Å².